The van der Waals surface area contributed by atoms with Gasteiger partial charge in [0.2, 0.25) is 0 Å². The smallest absolute Gasteiger partial charge is 0.402 e. The number of piperidine rings is 1. The van der Waals surface area contributed by atoms with Gasteiger partial charge in [-0.1, -0.05) is 27.2 Å². The lowest BCUT2D eigenvalue weighted by atomic mass is 10.0. The SMILES string of the molecule is CC[C@H]1CN(C2C[C@@H]3[C@H](C2)[C@H]3n2cc(-c3cnc(N)c(OC(F)(F)F)c3)nc2C(C)C)[C@@H]2CC12. The van der Waals surface area contributed by atoms with Gasteiger partial charge in [-0.2, -0.15) is 0 Å². The van der Waals surface area contributed by atoms with Gasteiger partial charge in [0.1, 0.15) is 5.82 Å². The molecule has 3 aliphatic carbocycles. The van der Waals surface area contributed by atoms with Gasteiger partial charge in [-0.05, 0) is 49.0 Å². The highest BCUT2D eigenvalue weighted by Crippen LogP contribution is 2.64. The van der Waals surface area contributed by atoms with Gasteiger partial charge in [0.25, 0.3) is 0 Å². The van der Waals surface area contributed by atoms with Gasteiger partial charge in [-0.3, -0.25) is 4.90 Å². The van der Waals surface area contributed by atoms with Crippen molar-refractivity contribution in [2.45, 2.75) is 76.9 Å². The first kappa shape index (κ1) is 22.2. The molecule has 1 saturated heterocycles. The Labute approximate surface area is 197 Å². The Morgan fingerprint density at radius 2 is 1.91 bits per heavy atom. The van der Waals surface area contributed by atoms with E-state index in [9.17, 15) is 13.2 Å². The monoisotopic (exact) mass is 475 g/mol. The molecule has 2 unspecified atom stereocenters. The molecule has 3 saturated carbocycles. The third-order valence-corrected chi connectivity index (χ3v) is 8.65. The van der Waals surface area contributed by atoms with E-state index in [-0.39, 0.29) is 11.7 Å². The fourth-order valence-electron chi connectivity index (χ4n) is 6.96. The highest BCUT2D eigenvalue weighted by atomic mass is 19.4. The summed E-state index contributed by atoms with van der Waals surface area (Å²) in [4.78, 5) is 11.5. The minimum Gasteiger partial charge on any atom is -0.402 e. The maximum Gasteiger partial charge on any atom is 0.573 e. The highest BCUT2D eigenvalue weighted by Gasteiger charge is 2.62. The number of pyridine rings is 1. The number of imidazole rings is 1. The van der Waals surface area contributed by atoms with Crippen LogP contribution in [-0.4, -0.2) is 44.4 Å². The van der Waals surface area contributed by atoms with Crippen LogP contribution < -0.4 is 10.5 Å². The summed E-state index contributed by atoms with van der Waals surface area (Å²) >= 11 is 0. The summed E-state index contributed by atoms with van der Waals surface area (Å²) < 4.78 is 44.6. The van der Waals surface area contributed by atoms with Crippen LogP contribution in [0.25, 0.3) is 11.3 Å². The van der Waals surface area contributed by atoms with Crippen molar-refractivity contribution >= 4 is 5.82 Å². The topological polar surface area (TPSA) is 69.2 Å². The number of halogens is 3. The Morgan fingerprint density at radius 3 is 2.53 bits per heavy atom. The molecule has 0 bridgehead atoms. The Balaban J connectivity index is 1.21. The van der Waals surface area contributed by atoms with E-state index in [2.05, 4.69) is 40.0 Å². The van der Waals surface area contributed by atoms with Gasteiger partial charge < -0.3 is 15.0 Å². The van der Waals surface area contributed by atoms with E-state index in [1.807, 2.05) is 6.20 Å². The van der Waals surface area contributed by atoms with Crippen LogP contribution >= 0.6 is 0 Å². The Bertz CT molecular complexity index is 1090. The van der Waals surface area contributed by atoms with Crippen LogP contribution in [0.5, 0.6) is 5.75 Å². The summed E-state index contributed by atoms with van der Waals surface area (Å²) in [6.07, 6.45) is 3.79. The number of nitrogen functional groups attached to an aromatic ring is 1. The van der Waals surface area contributed by atoms with Crippen LogP contribution in [0, 0.1) is 23.7 Å². The van der Waals surface area contributed by atoms with Crippen LogP contribution in [0.3, 0.4) is 0 Å². The third kappa shape index (κ3) is 3.67. The van der Waals surface area contributed by atoms with Crippen molar-refractivity contribution in [3.8, 4) is 17.0 Å². The van der Waals surface area contributed by atoms with Gasteiger partial charge in [0.05, 0.1) is 5.69 Å². The van der Waals surface area contributed by atoms with Crippen LogP contribution in [0.2, 0.25) is 0 Å². The summed E-state index contributed by atoms with van der Waals surface area (Å²) in [5.41, 5.74) is 6.69. The standard InChI is InChI=1S/C25H32F3N5O/c1-4-13-10-32(20-8-16(13)20)15-6-17-18(7-15)22(17)33-11-19(31-24(33)12(2)3)14-5-21(23(29)30-9-14)34-25(26,27)28/h5,9,11-13,15-18,20,22H,4,6-8,10H2,1-3H3,(H2,29,30)/t13-,15?,16?,17-,18+,20+,22+/m0/s1. The number of hydrogen-bond acceptors (Lipinski definition) is 5. The van der Waals surface area contributed by atoms with Crippen molar-refractivity contribution in [2.75, 3.05) is 12.3 Å². The van der Waals surface area contributed by atoms with E-state index in [0.29, 0.717) is 35.2 Å². The minimum absolute atomic E-state index is 0.203. The molecule has 1 aliphatic heterocycles. The number of nitrogens with zero attached hydrogens (tertiary/aromatic N) is 4. The average molecular weight is 476 g/mol. The number of hydrogen-bond donors (Lipinski definition) is 1. The molecule has 2 aromatic heterocycles. The molecule has 34 heavy (non-hydrogen) atoms. The lowest BCUT2D eigenvalue weighted by molar-refractivity contribution is -0.274. The number of aromatic nitrogens is 3. The molecule has 2 N–H and O–H groups in total. The van der Waals surface area contributed by atoms with E-state index < -0.39 is 12.1 Å². The first-order valence-corrected chi connectivity index (χ1v) is 12.5. The zero-order valence-electron chi connectivity index (χ0n) is 19.8. The predicted octanol–water partition coefficient (Wildman–Crippen LogP) is 5.23. The molecule has 184 valence electrons. The summed E-state index contributed by atoms with van der Waals surface area (Å²) in [6, 6.07) is 3.26. The van der Waals surface area contributed by atoms with Crippen molar-refractivity contribution in [1.82, 2.24) is 19.4 Å². The fourth-order valence-corrected chi connectivity index (χ4v) is 6.96. The van der Waals surface area contributed by atoms with Crippen molar-refractivity contribution < 1.29 is 17.9 Å². The second-order valence-electron chi connectivity index (χ2n) is 11.0. The molecule has 7 atom stereocenters. The number of nitrogens with two attached hydrogens (primary N) is 1. The normalized spacial score (nSPS) is 34.4. The van der Waals surface area contributed by atoms with E-state index >= 15 is 0 Å². The number of alkyl halides is 3. The molecule has 6 rings (SSSR count). The summed E-state index contributed by atoms with van der Waals surface area (Å²) in [7, 11) is 0. The van der Waals surface area contributed by atoms with Gasteiger partial charge in [-0.25, -0.2) is 9.97 Å². The molecule has 0 spiro atoms. The molecular weight excluding hydrogens is 443 g/mol. The lowest BCUT2D eigenvalue weighted by Crippen LogP contribution is -2.36. The van der Waals surface area contributed by atoms with Crippen LogP contribution in [-0.2, 0) is 0 Å². The molecule has 0 aromatic carbocycles. The predicted molar refractivity (Wildman–Crippen MR) is 122 cm³/mol. The maximum absolute atomic E-state index is 12.8. The molecule has 0 amide bonds. The second kappa shape index (κ2) is 7.60. The number of likely N-dealkylation sites (tertiary alicyclic amines) is 1. The van der Waals surface area contributed by atoms with Crippen molar-refractivity contribution in [3.05, 3.63) is 24.3 Å². The van der Waals surface area contributed by atoms with Crippen molar-refractivity contribution in [1.29, 1.82) is 0 Å². The molecule has 4 aliphatic rings. The number of anilines is 1. The minimum atomic E-state index is -4.83. The fraction of sp³-hybridized carbons (Fsp3) is 0.680. The van der Waals surface area contributed by atoms with Crippen LogP contribution in [0.4, 0.5) is 19.0 Å². The summed E-state index contributed by atoms with van der Waals surface area (Å²) in [5.74, 6) is 3.54. The van der Waals surface area contributed by atoms with E-state index in [1.54, 1.807) is 0 Å². The Kier molecular flexibility index (Phi) is 4.96. The van der Waals surface area contributed by atoms with Crippen LogP contribution in [0.15, 0.2) is 18.5 Å². The number of rotatable bonds is 6. The van der Waals surface area contributed by atoms with Gasteiger partial charge in [0.15, 0.2) is 11.6 Å². The van der Waals surface area contributed by atoms with Gasteiger partial charge in [-0.15, -0.1) is 13.2 Å². The maximum atomic E-state index is 12.8. The Morgan fingerprint density at radius 1 is 1.18 bits per heavy atom. The van der Waals surface area contributed by atoms with E-state index in [0.717, 1.165) is 23.7 Å². The number of ether oxygens (including phenoxy) is 1. The second-order valence-corrected chi connectivity index (χ2v) is 11.0. The molecule has 3 heterocycles. The third-order valence-electron chi connectivity index (χ3n) is 8.65. The zero-order valence-corrected chi connectivity index (χ0v) is 19.8. The Hall–Kier alpha value is -2.29. The molecular formula is C25H32F3N5O. The zero-order chi connectivity index (χ0) is 23.9. The lowest BCUT2D eigenvalue weighted by Gasteiger charge is -2.29. The largest absolute Gasteiger partial charge is 0.573 e. The molecule has 9 heteroatoms. The van der Waals surface area contributed by atoms with E-state index in [1.165, 1.54) is 44.5 Å². The molecule has 2 aromatic rings. The summed E-state index contributed by atoms with van der Waals surface area (Å²) in [6.45, 7) is 7.81. The van der Waals surface area contributed by atoms with Crippen molar-refractivity contribution in [3.63, 3.8) is 0 Å². The highest BCUT2D eigenvalue weighted by molar-refractivity contribution is 5.64. The van der Waals surface area contributed by atoms with E-state index in [4.69, 9.17) is 10.7 Å². The molecule has 4 fully saturated rings. The quantitative estimate of drug-likeness (QED) is 0.620. The van der Waals surface area contributed by atoms with Crippen molar-refractivity contribution in [2.24, 2.45) is 23.7 Å². The first-order valence-electron chi connectivity index (χ1n) is 12.5. The van der Waals surface area contributed by atoms with Gasteiger partial charge in [0, 0.05) is 48.5 Å². The molecule has 6 nitrogen and oxygen atoms in total. The summed E-state index contributed by atoms with van der Waals surface area (Å²) in [5, 5.41) is 0. The van der Waals surface area contributed by atoms with Gasteiger partial charge >= 0.3 is 6.36 Å². The molecule has 0 radical (unpaired) electrons. The van der Waals surface area contributed by atoms with Crippen LogP contribution in [0.1, 0.15) is 64.2 Å². The first-order chi connectivity index (χ1) is 16.1. The number of fused-ring (bicyclic) bond motifs is 2. The average Bonchev–Trinajstić information content (AvgIpc) is 3.48.